The summed E-state index contributed by atoms with van der Waals surface area (Å²) < 4.78 is 0. The van der Waals surface area contributed by atoms with Gasteiger partial charge in [-0.1, -0.05) is 38.1 Å². The molecule has 1 aliphatic rings. The van der Waals surface area contributed by atoms with Crippen LogP contribution in [0.25, 0.3) is 0 Å². The van der Waals surface area contributed by atoms with Crippen molar-refractivity contribution in [1.29, 1.82) is 0 Å². The zero-order valence-corrected chi connectivity index (χ0v) is 13.1. The first-order chi connectivity index (χ1) is 10.0. The molecule has 0 spiro atoms. The number of nitrogens with one attached hydrogen (secondary N) is 1. The molecule has 1 aromatic rings. The summed E-state index contributed by atoms with van der Waals surface area (Å²) in [5.41, 5.74) is 2.13. The lowest BCUT2D eigenvalue weighted by Gasteiger charge is -2.35. The molecule has 2 rings (SSSR count). The predicted molar refractivity (Wildman–Crippen MR) is 82.7 cm³/mol. The van der Waals surface area contributed by atoms with Crippen molar-refractivity contribution in [3.8, 4) is 0 Å². The van der Waals surface area contributed by atoms with E-state index in [0.29, 0.717) is 19.0 Å². The van der Waals surface area contributed by atoms with Gasteiger partial charge in [0.15, 0.2) is 0 Å². The van der Waals surface area contributed by atoms with E-state index in [2.05, 4.69) is 19.2 Å². The molecule has 1 atom stereocenters. The van der Waals surface area contributed by atoms with Crippen molar-refractivity contribution < 1.29 is 9.59 Å². The minimum Gasteiger partial charge on any atom is -0.354 e. The second kappa shape index (κ2) is 6.74. The standard InChI is InChI=1S/C17H24N2O2/c1-12(2)8-10-18-17(21)16-15-7-5-4-6-14(15)9-11-19(16)13(3)20/h4-7,12,16H,8-11H2,1-3H3,(H,18,21)/t16-/m0/s1. The first kappa shape index (κ1) is 15.5. The molecule has 0 aliphatic carbocycles. The van der Waals surface area contributed by atoms with Crippen molar-refractivity contribution >= 4 is 11.8 Å². The Hall–Kier alpha value is -1.84. The Morgan fingerprint density at radius 2 is 2.05 bits per heavy atom. The lowest BCUT2D eigenvalue weighted by atomic mass is 9.92. The van der Waals surface area contributed by atoms with Crippen LogP contribution in [-0.4, -0.2) is 29.8 Å². The highest BCUT2D eigenvalue weighted by molar-refractivity contribution is 5.88. The van der Waals surface area contributed by atoms with Crippen molar-refractivity contribution in [2.75, 3.05) is 13.1 Å². The normalized spacial score (nSPS) is 17.5. The van der Waals surface area contributed by atoms with Crippen LogP contribution in [0.15, 0.2) is 24.3 Å². The maximum absolute atomic E-state index is 12.6. The summed E-state index contributed by atoms with van der Waals surface area (Å²) in [7, 11) is 0. The molecule has 4 nitrogen and oxygen atoms in total. The lowest BCUT2D eigenvalue weighted by molar-refractivity contribution is -0.139. The molecule has 1 N–H and O–H groups in total. The second-order valence-corrected chi connectivity index (χ2v) is 6.04. The molecule has 0 radical (unpaired) electrons. The van der Waals surface area contributed by atoms with E-state index >= 15 is 0 Å². The maximum Gasteiger partial charge on any atom is 0.247 e. The summed E-state index contributed by atoms with van der Waals surface area (Å²) in [5.74, 6) is 0.430. The fourth-order valence-corrected chi connectivity index (χ4v) is 2.77. The molecule has 2 amide bonds. The van der Waals surface area contributed by atoms with Crippen molar-refractivity contribution in [3.63, 3.8) is 0 Å². The first-order valence-electron chi connectivity index (χ1n) is 7.63. The summed E-state index contributed by atoms with van der Waals surface area (Å²) in [6.45, 7) is 7.05. The minimum atomic E-state index is -0.486. The Bertz CT molecular complexity index is 525. The van der Waals surface area contributed by atoms with E-state index < -0.39 is 6.04 Å². The smallest absolute Gasteiger partial charge is 0.247 e. The highest BCUT2D eigenvalue weighted by Crippen LogP contribution is 2.29. The monoisotopic (exact) mass is 288 g/mol. The van der Waals surface area contributed by atoms with E-state index in [1.165, 1.54) is 12.5 Å². The molecule has 0 fully saturated rings. The molecular formula is C17H24N2O2. The Morgan fingerprint density at radius 1 is 1.33 bits per heavy atom. The van der Waals surface area contributed by atoms with Gasteiger partial charge in [0.05, 0.1) is 0 Å². The van der Waals surface area contributed by atoms with Gasteiger partial charge in [-0.3, -0.25) is 9.59 Å². The van der Waals surface area contributed by atoms with Crippen molar-refractivity contribution in [1.82, 2.24) is 10.2 Å². The van der Waals surface area contributed by atoms with Crippen LogP contribution in [0.2, 0.25) is 0 Å². The molecule has 0 unspecified atom stereocenters. The number of rotatable bonds is 4. The van der Waals surface area contributed by atoms with E-state index in [4.69, 9.17) is 0 Å². The van der Waals surface area contributed by atoms with Gasteiger partial charge in [-0.25, -0.2) is 0 Å². The molecule has 0 saturated carbocycles. The molecule has 0 bridgehead atoms. The fourth-order valence-electron chi connectivity index (χ4n) is 2.77. The van der Waals surface area contributed by atoms with Gasteiger partial charge in [-0.2, -0.15) is 0 Å². The van der Waals surface area contributed by atoms with Gasteiger partial charge in [-0.05, 0) is 29.9 Å². The lowest BCUT2D eigenvalue weighted by Crippen LogP contribution is -2.46. The fraction of sp³-hybridized carbons (Fsp3) is 0.529. The van der Waals surface area contributed by atoms with Gasteiger partial charge in [-0.15, -0.1) is 0 Å². The van der Waals surface area contributed by atoms with Crippen LogP contribution >= 0.6 is 0 Å². The number of fused-ring (bicyclic) bond motifs is 1. The predicted octanol–water partition coefficient (Wildman–Crippen LogP) is 2.29. The van der Waals surface area contributed by atoms with Gasteiger partial charge in [0.2, 0.25) is 11.8 Å². The Labute approximate surface area is 126 Å². The van der Waals surface area contributed by atoms with E-state index in [0.717, 1.165) is 18.4 Å². The van der Waals surface area contributed by atoms with E-state index in [9.17, 15) is 9.59 Å². The highest BCUT2D eigenvalue weighted by Gasteiger charge is 2.33. The SMILES string of the molecule is CC(=O)N1CCc2ccccc2[C@H]1C(=O)NCCC(C)C. The van der Waals surface area contributed by atoms with Crippen LogP contribution in [0, 0.1) is 5.92 Å². The van der Waals surface area contributed by atoms with Gasteiger partial charge < -0.3 is 10.2 Å². The second-order valence-electron chi connectivity index (χ2n) is 6.04. The third-order valence-corrected chi connectivity index (χ3v) is 3.96. The Kier molecular flexibility index (Phi) is 4.99. The summed E-state index contributed by atoms with van der Waals surface area (Å²) in [6, 6.07) is 7.42. The van der Waals surface area contributed by atoms with E-state index in [1.807, 2.05) is 24.3 Å². The Balaban J connectivity index is 2.19. The maximum atomic E-state index is 12.6. The number of carbonyl (C=O) groups is 2. The van der Waals surface area contributed by atoms with Crippen LogP contribution in [0.1, 0.15) is 44.4 Å². The third kappa shape index (κ3) is 3.63. The molecular weight excluding hydrogens is 264 g/mol. The molecule has 0 aromatic heterocycles. The molecule has 0 saturated heterocycles. The van der Waals surface area contributed by atoms with Crippen LogP contribution in [0.5, 0.6) is 0 Å². The number of hydrogen-bond acceptors (Lipinski definition) is 2. The topological polar surface area (TPSA) is 49.4 Å². The molecule has 1 heterocycles. The quantitative estimate of drug-likeness (QED) is 0.924. The molecule has 1 aliphatic heterocycles. The molecule has 4 heteroatoms. The molecule has 114 valence electrons. The summed E-state index contributed by atoms with van der Waals surface area (Å²) >= 11 is 0. The van der Waals surface area contributed by atoms with Crippen LogP contribution in [-0.2, 0) is 16.0 Å². The average Bonchev–Trinajstić information content (AvgIpc) is 2.45. The van der Waals surface area contributed by atoms with Gasteiger partial charge in [0.1, 0.15) is 6.04 Å². The highest BCUT2D eigenvalue weighted by atomic mass is 16.2. The van der Waals surface area contributed by atoms with Crippen molar-refractivity contribution in [2.24, 2.45) is 5.92 Å². The van der Waals surface area contributed by atoms with Gasteiger partial charge in [0, 0.05) is 20.0 Å². The number of benzene rings is 1. The molecule has 21 heavy (non-hydrogen) atoms. The number of carbonyl (C=O) groups excluding carboxylic acids is 2. The zero-order chi connectivity index (χ0) is 15.4. The Morgan fingerprint density at radius 3 is 2.71 bits per heavy atom. The first-order valence-corrected chi connectivity index (χ1v) is 7.63. The number of nitrogens with zero attached hydrogens (tertiary/aromatic N) is 1. The number of amides is 2. The van der Waals surface area contributed by atoms with Crippen molar-refractivity contribution in [2.45, 2.75) is 39.7 Å². The summed E-state index contributed by atoms with van der Waals surface area (Å²) in [4.78, 5) is 26.1. The van der Waals surface area contributed by atoms with Crippen LogP contribution in [0.3, 0.4) is 0 Å². The largest absolute Gasteiger partial charge is 0.354 e. The minimum absolute atomic E-state index is 0.0477. The summed E-state index contributed by atoms with van der Waals surface area (Å²) in [5, 5.41) is 2.98. The third-order valence-electron chi connectivity index (χ3n) is 3.96. The van der Waals surface area contributed by atoms with Gasteiger partial charge >= 0.3 is 0 Å². The molecule has 1 aromatic carbocycles. The van der Waals surface area contributed by atoms with Crippen molar-refractivity contribution in [3.05, 3.63) is 35.4 Å². The number of hydrogen-bond donors (Lipinski definition) is 1. The van der Waals surface area contributed by atoms with Crippen LogP contribution < -0.4 is 5.32 Å². The zero-order valence-electron chi connectivity index (χ0n) is 13.1. The van der Waals surface area contributed by atoms with E-state index in [1.54, 1.807) is 4.90 Å². The van der Waals surface area contributed by atoms with E-state index in [-0.39, 0.29) is 11.8 Å². The average molecular weight is 288 g/mol. The van der Waals surface area contributed by atoms with Crippen LogP contribution in [0.4, 0.5) is 0 Å². The van der Waals surface area contributed by atoms with Gasteiger partial charge in [0.25, 0.3) is 0 Å². The summed E-state index contributed by atoms with van der Waals surface area (Å²) in [6.07, 6.45) is 1.76.